The molecule has 1 aliphatic heterocycles. The van der Waals surface area contributed by atoms with Crippen LogP contribution < -0.4 is 25.4 Å². The molecule has 0 amide bonds. The third-order valence-electron chi connectivity index (χ3n) is 5.13. The molecule has 3 N–H and O–H groups in total. The summed E-state index contributed by atoms with van der Waals surface area (Å²) in [7, 11) is 2.97. The van der Waals surface area contributed by atoms with Gasteiger partial charge < -0.3 is 30.3 Å². The predicted octanol–water partition coefficient (Wildman–Crippen LogP) is 2.88. The van der Waals surface area contributed by atoms with Crippen molar-refractivity contribution in [2.75, 3.05) is 50.6 Å². The molecule has 0 bridgehead atoms. The summed E-state index contributed by atoms with van der Waals surface area (Å²) in [6.07, 6.45) is 0. The summed E-state index contributed by atoms with van der Waals surface area (Å²) in [6.45, 7) is 2.46. The number of nitrogens with two attached hydrogens (primary N) is 1. The number of pyridine rings is 1. The Labute approximate surface area is 202 Å². The van der Waals surface area contributed by atoms with Crippen molar-refractivity contribution in [2.45, 2.75) is 0 Å². The SMILES string of the molecule is COc1cc(C#N)c(NC(=S)C(C#N)=C(N)N2CCN(c3cccc(Cl)n3)CC2)cc1OC. The Hall–Kier alpha value is -3.73. The molecule has 170 valence electrons. The molecule has 0 radical (unpaired) electrons. The summed E-state index contributed by atoms with van der Waals surface area (Å²) in [4.78, 5) is 8.44. The highest BCUT2D eigenvalue weighted by Gasteiger charge is 2.23. The van der Waals surface area contributed by atoms with Gasteiger partial charge in [0.05, 0.1) is 25.5 Å². The number of methoxy groups -OCH3 is 2. The van der Waals surface area contributed by atoms with Crippen LogP contribution in [-0.2, 0) is 0 Å². The monoisotopic (exact) mass is 483 g/mol. The average molecular weight is 484 g/mol. The van der Waals surface area contributed by atoms with Gasteiger partial charge in [0.1, 0.15) is 39.5 Å². The molecule has 0 saturated carbocycles. The van der Waals surface area contributed by atoms with Crippen LogP contribution in [0.3, 0.4) is 0 Å². The van der Waals surface area contributed by atoms with E-state index in [4.69, 9.17) is 39.0 Å². The van der Waals surface area contributed by atoms with E-state index >= 15 is 0 Å². The lowest BCUT2D eigenvalue weighted by Crippen LogP contribution is -2.48. The maximum atomic E-state index is 9.76. The zero-order chi connectivity index (χ0) is 24.0. The van der Waals surface area contributed by atoms with E-state index in [-0.39, 0.29) is 21.9 Å². The average Bonchev–Trinajstić information content (AvgIpc) is 2.84. The normalized spacial score (nSPS) is 14.0. The second-order valence-electron chi connectivity index (χ2n) is 6.98. The molecule has 1 aliphatic rings. The molecule has 11 heteroatoms. The van der Waals surface area contributed by atoms with Gasteiger partial charge in [-0.3, -0.25) is 0 Å². The molecule has 2 heterocycles. The summed E-state index contributed by atoms with van der Waals surface area (Å²) in [5.74, 6) is 1.89. The first-order chi connectivity index (χ1) is 15.9. The number of hydrogen-bond donors (Lipinski definition) is 2. The summed E-state index contributed by atoms with van der Waals surface area (Å²) >= 11 is 11.4. The molecule has 0 atom stereocenters. The Morgan fingerprint density at radius 3 is 2.39 bits per heavy atom. The topological polar surface area (TPSA) is 123 Å². The number of halogens is 1. The molecular weight excluding hydrogens is 462 g/mol. The maximum Gasteiger partial charge on any atom is 0.162 e. The van der Waals surface area contributed by atoms with Crippen molar-refractivity contribution in [1.82, 2.24) is 9.88 Å². The summed E-state index contributed by atoms with van der Waals surface area (Å²) in [5, 5.41) is 22.6. The van der Waals surface area contributed by atoms with Gasteiger partial charge in [-0.25, -0.2) is 4.98 Å². The van der Waals surface area contributed by atoms with Crippen LogP contribution in [0.1, 0.15) is 5.56 Å². The van der Waals surface area contributed by atoms with Crippen molar-refractivity contribution in [3.8, 4) is 23.6 Å². The third-order valence-corrected chi connectivity index (χ3v) is 5.65. The molecule has 1 aromatic carbocycles. The third kappa shape index (κ3) is 5.37. The van der Waals surface area contributed by atoms with E-state index in [1.807, 2.05) is 17.0 Å². The Bertz CT molecular complexity index is 1160. The van der Waals surface area contributed by atoms with E-state index in [9.17, 15) is 10.5 Å². The summed E-state index contributed by atoms with van der Waals surface area (Å²) in [6, 6.07) is 12.8. The Morgan fingerprint density at radius 2 is 1.82 bits per heavy atom. The molecule has 0 spiro atoms. The number of benzene rings is 1. The van der Waals surface area contributed by atoms with Crippen molar-refractivity contribution < 1.29 is 9.47 Å². The second kappa shape index (κ2) is 10.7. The molecule has 2 aromatic rings. The van der Waals surface area contributed by atoms with Gasteiger partial charge in [0.25, 0.3) is 0 Å². The zero-order valence-electron chi connectivity index (χ0n) is 18.1. The van der Waals surface area contributed by atoms with E-state index in [0.29, 0.717) is 48.5 Å². The number of ether oxygens (including phenoxy) is 2. The number of thiocarbonyl (C=S) groups is 1. The van der Waals surface area contributed by atoms with Crippen LogP contribution >= 0.6 is 23.8 Å². The number of rotatable bonds is 6. The van der Waals surface area contributed by atoms with Crippen LogP contribution in [0.4, 0.5) is 11.5 Å². The van der Waals surface area contributed by atoms with Gasteiger partial charge in [0, 0.05) is 38.3 Å². The number of piperazine rings is 1. The van der Waals surface area contributed by atoms with Crippen molar-refractivity contribution in [2.24, 2.45) is 5.73 Å². The number of hydrogen-bond acceptors (Lipinski definition) is 9. The van der Waals surface area contributed by atoms with Crippen molar-refractivity contribution in [3.63, 3.8) is 0 Å². The van der Waals surface area contributed by atoms with Gasteiger partial charge in [-0.05, 0) is 12.1 Å². The molecule has 0 aliphatic carbocycles. The maximum absolute atomic E-state index is 9.76. The lowest BCUT2D eigenvalue weighted by atomic mass is 10.1. The predicted molar refractivity (Wildman–Crippen MR) is 130 cm³/mol. The summed E-state index contributed by atoms with van der Waals surface area (Å²) in [5.41, 5.74) is 7.12. The van der Waals surface area contributed by atoms with Crippen LogP contribution in [-0.4, -0.2) is 55.3 Å². The Morgan fingerprint density at radius 1 is 1.15 bits per heavy atom. The number of anilines is 2. The Kier molecular flexibility index (Phi) is 7.78. The molecule has 9 nitrogen and oxygen atoms in total. The van der Waals surface area contributed by atoms with Gasteiger partial charge in [-0.1, -0.05) is 29.9 Å². The van der Waals surface area contributed by atoms with Crippen molar-refractivity contribution in [1.29, 1.82) is 10.5 Å². The Balaban J connectivity index is 1.77. The first-order valence-electron chi connectivity index (χ1n) is 9.91. The molecule has 1 aromatic heterocycles. The van der Waals surface area contributed by atoms with Crippen LogP contribution in [0.25, 0.3) is 0 Å². The van der Waals surface area contributed by atoms with Gasteiger partial charge in [0.2, 0.25) is 0 Å². The van der Waals surface area contributed by atoms with E-state index in [1.54, 1.807) is 12.1 Å². The molecule has 0 unspecified atom stereocenters. The van der Waals surface area contributed by atoms with Crippen LogP contribution in [0.2, 0.25) is 5.15 Å². The number of nitrogens with one attached hydrogen (secondary N) is 1. The smallest absolute Gasteiger partial charge is 0.162 e. The van der Waals surface area contributed by atoms with Crippen LogP contribution in [0, 0.1) is 22.7 Å². The minimum Gasteiger partial charge on any atom is -0.493 e. The van der Waals surface area contributed by atoms with Gasteiger partial charge >= 0.3 is 0 Å². The molecule has 1 fully saturated rings. The van der Waals surface area contributed by atoms with Gasteiger partial charge in [0.15, 0.2) is 11.5 Å². The van der Waals surface area contributed by atoms with E-state index < -0.39 is 0 Å². The first-order valence-corrected chi connectivity index (χ1v) is 10.7. The number of nitrogens with zero attached hydrogens (tertiary/aromatic N) is 5. The van der Waals surface area contributed by atoms with Crippen molar-refractivity contribution >= 4 is 40.3 Å². The van der Waals surface area contributed by atoms with Gasteiger partial charge in [-0.15, -0.1) is 0 Å². The highest BCUT2D eigenvalue weighted by molar-refractivity contribution is 7.81. The molecule has 33 heavy (non-hydrogen) atoms. The molecular formula is C22H22ClN7O2S. The minimum atomic E-state index is 0.109. The van der Waals surface area contributed by atoms with Crippen molar-refractivity contribution in [3.05, 3.63) is 52.4 Å². The minimum absolute atomic E-state index is 0.109. The largest absolute Gasteiger partial charge is 0.493 e. The van der Waals surface area contributed by atoms with E-state index in [0.717, 1.165) is 5.82 Å². The lowest BCUT2D eigenvalue weighted by Gasteiger charge is -2.37. The lowest BCUT2D eigenvalue weighted by molar-refractivity contribution is 0.316. The fraction of sp³-hybridized carbons (Fsp3) is 0.273. The molecule has 3 rings (SSSR count). The highest BCUT2D eigenvalue weighted by atomic mass is 35.5. The highest BCUT2D eigenvalue weighted by Crippen LogP contribution is 2.33. The van der Waals surface area contributed by atoms with Gasteiger partial charge in [-0.2, -0.15) is 10.5 Å². The zero-order valence-corrected chi connectivity index (χ0v) is 19.7. The quantitative estimate of drug-likeness (QED) is 0.274. The first kappa shape index (κ1) is 23.9. The van der Waals surface area contributed by atoms with E-state index in [1.165, 1.54) is 20.3 Å². The number of aromatic nitrogens is 1. The fourth-order valence-corrected chi connectivity index (χ4v) is 3.81. The fourth-order valence-electron chi connectivity index (χ4n) is 3.39. The van der Waals surface area contributed by atoms with Crippen LogP contribution in [0.15, 0.2) is 41.7 Å². The second-order valence-corrected chi connectivity index (χ2v) is 7.78. The summed E-state index contributed by atoms with van der Waals surface area (Å²) < 4.78 is 10.5. The standard InChI is InChI=1S/C22H22ClN7O2S/c1-31-17-10-14(12-24)16(11-18(17)32-2)27-22(33)15(13-25)21(26)30-8-6-29(7-9-30)20-5-3-4-19(23)28-20/h3-5,10-11H,6-9,26H2,1-2H3,(H,27,33). The van der Waals surface area contributed by atoms with E-state index in [2.05, 4.69) is 27.3 Å². The molecule has 1 saturated heterocycles. The number of nitriles is 2. The van der Waals surface area contributed by atoms with Crippen LogP contribution in [0.5, 0.6) is 11.5 Å².